The van der Waals surface area contributed by atoms with Crippen molar-refractivity contribution in [3.05, 3.63) is 0 Å². The molecule has 3 N–H and O–H groups in total. The monoisotopic (exact) mass is 213 g/mol. The van der Waals surface area contributed by atoms with E-state index in [1.54, 1.807) is 0 Å². The van der Waals surface area contributed by atoms with Crippen LogP contribution in [0.1, 0.15) is 26.7 Å². The van der Waals surface area contributed by atoms with Gasteiger partial charge >= 0.3 is 0 Å². The van der Waals surface area contributed by atoms with Crippen LogP contribution in [-0.4, -0.2) is 43.0 Å². The van der Waals surface area contributed by atoms with Crippen molar-refractivity contribution in [2.75, 3.05) is 26.2 Å². The molecular formula is C11H23N3O. The molecule has 1 amide bonds. The van der Waals surface area contributed by atoms with Gasteiger partial charge in [0.1, 0.15) is 0 Å². The van der Waals surface area contributed by atoms with E-state index in [-0.39, 0.29) is 11.8 Å². The summed E-state index contributed by atoms with van der Waals surface area (Å²) in [6, 6.07) is 0.320. The first-order valence-corrected chi connectivity index (χ1v) is 5.90. The third-order valence-corrected chi connectivity index (χ3v) is 3.10. The SMILES string of the molecule is CCN1CCCC(NC(=O)C(C)CN)C1. The van der Waals surface area contributed by atoms with Crippen molar-refractivity contribution in [3.8, 4) is 0 Å². The predicted octanol–water partition coefficient (Wildman–Crippen LogP) is 0.182. The van der Waals surface area contributed by atoms with Gasteiger partial charge in [0.05, 0.1) is 0 Å². The fourth-order valence-electron chi connectivity index (χ4n) is 1.91. The van der Waals surface area contributed by atoms with Gasteiger partial charge in [-0.3, -0.25) is 4.79 Å². The van der Waals surface area contributed by atoms with Crippen molar-refractivity contribution >= 4 is 5.91 Å². The number of nitrogens with one attached hydrogen (secondary N) is 1. The molecule has 2 unspecified atom stereocenters. The Bertz CT molecular complexity index is 208. The summed E-state index contributed by atoms with van der Waals surface area (Å²) in [5, 5.41) is 3.07. The van der Waals surface area contributed by atoms with E-state index in [0.717, 1.165) is 26.1 Å². The highest BCUT2D eigenvalue weighted by atomic mass is 16.1. The number of nitrogens with zero attached hydrogens (tertiary/aromatic N) is 1. The molecule has 1 rings (SSSR count). The summed E-state index contributed by atoms with van der Waals surface area (Å²) in [6.45, 7) is 7.67. The number of rotatable bonds is 4. The second-order valence-corrected chi connectivity index (χ2v) is 4.38. The topological polar surface area (TPSA) is 58.4 Å². The van der Waals surface area contributed by atoms with Crippen LogP contribution in [0.4, 0.5) is 0 Å². The van der Waals surface area contributed by atoms with Crippen molar-refractivity contribution in [2.24, 2.45) is 11.7 Å². The summed E-state index contributed by atoms with van der Waals surface area (Å²) >= 11 is 0. The zero-order chi connectivity index (χ0) is 11.3. The highest BCUT2D eigenvalue weighted by Crippen LogP contribution is 2.10. The molecule has 0 radical (unpaired) electrons. The minimum atomic E-state index is -0.0676. The van der Waals surface area contributed by atoms with Crippen LogP contribution in [0.15, 0.2) is 0 Å². The average Bonchev–Trinajstić information content (AvgIpc) is 2.28. The van der Waals surface area contributed by atoms with E-state index >= 15 is 0 Å². The fraction of sp³-hybridized carbons (Fsp3) is 0.909. The van der Waals surface area contributed by atoms with E-state index in [4.69, 9.17) is 5.73 Å². The van der Waals surface area contributed by atoms with Crippen LogP contribution in [0.2, 0.25) is 0 Å². The maximum Gasteiger partial charge on any atom is 0.224 e. The molecule has 0 aromatic carbocycles. The largest absolute Gasteiger partial charge is 0.352 e. The molecule has 1 fully saturated rings. The highest BCUT2D eigenvalue weighted by molar-refractivity contribution is 5.78. The minimum Gasteiger partial charge on any atom is -0.352 e. The van der Waals surface area contributed by atoms with Crippen LogP contribution < -0.4 is 11.1 Å². The van der Waals surface area contributed by atoms with Gasteiger partial charge in [-0.15, -0.1) is 0 Å². The molecule has 15 heavy (non-hydrogen) atoms. The normalized spacial score (nSPS) is 24.9. The summed E-state index contributed by atoms with van der Waals surface area (Å²) in [7, 11) is 0. The first-order valence-electron chi connectivity index (χ1n) is 5.90. The number of piperidine rings is 1. The molecule has 4 nitrogen and oxygen atoms in total. The average molecular weight is 213 g/mol. The molecule has 0 saturated carbocycles. The van der Waals surface area contributed by atoms with Crippen molar-refractivity contribution in [3.63, 3.8) is 0 Å². The molecule has 0 bridgehead atoms. The van der Waals surface area contributed by atoms with Gasteiger partial charge in [-0.2, -0.15) is 0 Å². The molecule has 0 spiro atoms. The second kappa shape index (κ2) is 6.08. The zero-order valence-electron chi connectivity index (χ0n) is 9.83. The van der Waals surface area contributed by atoms with Crippen LogP contribution in [0, 0.1) is 5.92 Å². The Hall–Kier alpha value is -0.610. The Morgan fingerprint density at radius 2 is 2.40 bits per heavy atom. The molecule has 4 heteroatoms. The smallest absolute Gasteiger partial charge is 0.224 e. The van der Waals surface area contributed by atoms with E-state index in [2.05, 4.69) is 17.1 Å². The lowest BCUT2D eigenvalue weighted by Gasteiger charge is -2.32. The second-order valence-electron chi connectivity index (χ2n) is 4.38. The molecule has 0 aromatic rings. The molecule has 0 aromatic heterocycles. The molecule has 2 atom stereocenters. The number of carbonyl (C=O) groups excluding carboxylic acids is 1. The van der Waals surface area contributed by atoms with Gasteiger partial charge in [0.25, 0.3) is 0 Å². The predicted molar refractivity (Wildman–Crippen MR) is 61.5 cm³/mol. The quantitative estimate of drug-likeness (QED) is 0.700. The van der Waals surface area contributed by atoms with Gasteiger partial charge < -0.3 is 16.0 Å². The molecule has 88 valence electrons. The van der Waals surface area contributed by atoms with Crippen molar-refractivity contribution in [2.45, 2.75) is 32.7 Å². The Morgan fingerprint density at radius 1 is 1.67 bits per heavy atom. The first kappa shape index (κ1) is 12.5. The maximum atomic E-state index is 11.6. The van der Waals surface area contributed by atoms with Gasteiger partial charge in [-0.1, -0.05) is 13.8 Å². The lowest BCUT2D eigenvalue weighted by atomic mass is 10.0. The number of hydrogen-bond donors (Lipinski definition) is 2. The number of likely N-dealkylation sites (N-methyl/N-ethyl adjacent to an activating group) is 1. The van der Waals surface area contributed by atoms with Crippen LogP contribution in [0.3, 0.4) is 0 Å². The van der Waals surface area contributed by atoms with Crippen LogP contribution in [0.25, 0.3) is 0 Å². The molecule has 1 heterocycles. The summed E-state index contributed by atoms with van der Waals surface area (Å²) in [5.41, 5.74) is 5.46. The summed E-state index contributed by atoms with van der Waals surface area (Å²) in [5.74, 6) is 0.0301. The molecular weight excluding hydrogens is 190 g/mol. The Labute approximate surface area is 92.2 Å². The number of nitrogens with two attached hydrogens (primary N) is 1. The number of hydrogen-bond acceptors (Lipinski definition) is 3. The fourth-order valence-corrected chi connectivity index (χ4v) is 1.91. The Kier molecular flexibility index (Phi) is 5.05. The first-order chi connectivity index (χ1) is 7.17. The van der Waals surface area contributed by atoms with E-state index in [1.165, 1.54) is 6.42 Å². The summed E-state index contributed by atoms with van der Waals surface area (Å²) in [6.07, 6.45) is 2.27. The van der Waals surface area contributed by atoms with Crippen LogP contribution in [-0.2, 0) is 4.79 Å². The van der Waals surface area contributed by atoms with Gasteiger partial charge in [0, 0.05) is 25.0 Å². The Morgan fingerprint density at radius 3 is 3.00 bits per heavy atom. The maximum absolute atomic E-state index is 11.6. The number of amides is 1. The number of carbonyl (C=O) groups is 1. The van der Waals surface area contributed by atoms with Crippen LogP contribution in [0.5, 0.6) is 0 Å². The van der Waals surface area contributed by atoms with Crippen molar-refractivity contribution in [1.29, 1.82) is 0 Å². The molecule has 1 aliphatic rings. The van der Waals surface area contributed by atoms with Gasteiger partial charge in [0.15, 0.2) is 0 Å². The van der Waals surface area contributed by atoms with Gasteiger partial charge in [-0.05, 0) is 25.9 Å². The van der Waals surface area contributed by atoms with Gasteiger partial charge in [-0.25, -0.2) is 0 Å². The van der Waals surface area contributed by atoms with E-state index < -0.39 is 0 Å². The Balaban J connectivity index is 2.34. The standard InChI is InChI=1S/C11H23N3O/c1-3-14-6-4-5-10(8-14)13-11(15)9(2)7-12/h9-10H,3-8,12H2,1-2H3,(H,13,15). The highest BCUT2D eigenvalue weighted by Gasteiger charge is 2.21. The van der Waals surface area contributed by atoms with Crippen molar-refractivity contribution in [1.82, 2.24) is 10.2 Å². The van der Waals surface area contributed by atoms with E-state index in [9.17, 15) is 4.79 Å². The van der Waals surface area contributed by atoms with Crippen LogP contribution >= 0.6 is 0 Å². The molecule has 0 aliphatic carbocycles. The zero-order valence-corrected chi connectivity index (χ0v) is 9.83. The number of likely N-dealkylation sites (tertiary alicyclic amines) is 1. The minimum absolute atomic E-state index is 0.0676. The summed E-state index contributed by atoms with van der Waals surface area (Å²) < 4.78 is 0. The molecule has 1 aliphatic heterocycles. The van der Waals surface area contributed by atoms with E-state index in [0.29, 0.717) is 12.6 Å². The van der Waals surface area contributed by atoms with Gasteiger partial charge in [0.2, 0.25) is 5.91 Å². The van der Waals surface area contributed by atoms with E-state index in [1.807, 2.05) is 6.92 Å². The third kappa shape index (κ3) is 3.80. The molecule has 1 saturated heterocycles. The lowest BCUT2D eigenvalue weighted by molar-refractivity contribution is -0.125. The summed E-state index contributed by atoms with van der Waals surface area (Å²) in [4.78, 5) is 14.0. The lowest BCUT2D eigenvalue weighted by Crippen LogP contribution is -2.49. The third-order valence-electron chi connectivity index (χ3n) is 3.10. The van der Waals surface area contributed by atoms with Crippen molar-refractivity contribution < 1.29 is 4.79 Å².